The van der Waals surface area contributed by atoms with Crippen LogP contribution in [0.2, 0.25) is 0 Å². The molecule has 0 heterocycles. The van der Waals surface area contributed by atoms with Crippen molar-refractivity contribution in [2.45, 2.75) is 44.9 Å². The van der Waals surface area contributed by atoms with Gasteiger partial charge in [0.1, 0.15) is 0 Å². The van der Waals surface area contributed by atoms with E-state index in [1.165, 1.54) is 18.4 Å². The number of hydrogen-bond donors (Lipinski definition) is 0. The average Bonchev–Trinajstić information content (AvgIpc) is 2.32. The predicted octanol–water partition coefficient (Wildman–Crippen LogP) is 0.119. The minimum atomic E-state index is -4.01. The third-order valence-electron chi connectivity index (χ3n) is 2.95. The van der Waals surface area contributed by atoms with Crippen LogP contribution >= 0.6 is 0 Å². The zero-order valence-corrected chi connectivity index (χ0v) is 14.5. The van der Waals surface area contributed by atoms with Crippen molar-refractivity contribution in [1.29, 1.82) is 0 Å². The van der Waals surface area contributed by atoms with E-state index in [9.17, 15) is 13.0 Å². The smallest absolute Gasteiger partial charge is 0.748 e. The minimum absolute atomic E-state index is 0. The molecule has 0 aliphatic rings. The molecule has 0 fully saturated rings. The summed E-state index contributed by atoms with van der Waals surface area (Å²) in [6.45, 7) is 0. The van der Waals surface area contributed by atoms with Gasteiger partial charge in [-0.15, -0.1) is 0 Å². The third-order valence-corrected chi connectivity index (χ3v) is 3.74. The normalized spacial score (nSPS) is 11.0. The SMILES string of the molecule is O=S(=O)([O-])CCCCCCCCc1ccccc1.[Na+]. The van der Waals surface area contributed by atoms with E-state index in [1.54, 1.807) is 0 Å². The summed E-state index contributed by atoms with van der Waals surface area (Å²) in [4.78, 5) is 0. The van der Waals surface area contributed by atoms with Gasteiger partial charge in [0.15, 0.2) is 0 Å². The van der Waals surface area contributed by atoms with Crippen LogP contribution < -0.4 is 29.6 Å². The molecule has 0 amide bonds. The Hall–Kier alpha value is 0.130. The molecule has 0 unspecified atom stereocenters. The van der Waals surface area contributed by atoms with E-state index in [4.69, 9.17) is 0 Å². The van der Waals surface area contributed by atoms with Crippen LogP contribution in [0, 0.1) is 0 Å². The Kier molecular flexibility index (Phi) is 10.9. The van der Waals surface area contributed by atoms with Crippen molar-refractivity contribution in [3.05, 3.63) is 35.9 Å². The summed E-state index contributed by atoms with van der Waals surface area (Å²) in [5.74, 6) is -0.211. The molecule has 0 saturated carbocycles. The first kappa shape index (κ1) is 19.1. The first-order valence-corrected chi connectivity index (χ1v) is 8.13. The molecule has 0 aromatic heterocycles. The molecule has 102 valence electrons. The first-order valence-electron chi connectivity index (χ1n) is 6.55. The van der Waals surface area contributed by atoms with Gasteiger partial charge in [-0.25, -0.2) is 8.42 Å². The molecule has 0 spiro atoms. The molecule has 0 saturated heterocycles. The molecule has 19 heavy (non-hydrogen) atoms. The second kappa shape index (κ2) is 10.9. The van der Waals surface area contributed by atoms with Crippen LogP contribution in [-0.4, -0.2) is 18.7 Å². The van der Waals surface area contributed by atoms with E-state index in [-0.39, 0.29) is 35.3 Å². The molecule has 0 radical (unpaired) electrons. The quantitative estimate of drug-likeness (QED) is 0.369. The van der Waals surface area contributed by atoms with Gasteiger partial charge < -0.3 is 4.55 Å². The maximum atomic E-state index is 10.4. The number of benzene rings is 1. The molecular formula is C14H21NaO3S. The second-order valence-corrected chi connectivity index (χ2v) is 6.14. The molecule has 0 atom stereocenters. The summed E-state index contributed by atoms with van der Waals surface area (Å²) in [6, 6.07) is 10.4. The summed E-state index contributed by atoms with van der Waals surface area (Å²) >= 11 is 0. The summed E-state index contributed by atoms with van der Waals surface area (Å²) < 4.78 is 31.1. The monoisotopic (exact) mass is 292 g/mol. The van der Waals surface area contributed by atoms with Crippen LogP contribution in [0.5, 0.6) is 0 Å². The van der Waals surface area contributed by atoms with Gasteiger partial charge in [-0.1, -0.05) is 56.0 Å². The van der Waals surface area contributed by atoms with Crippen LogP contribution in [-0.2, 0) is 16.5 Å². The number of rotatable bonds is 9. The Morgan fingerprint density at radius 1 is 0.842 bits per heavy atom. The van der Waals surface area contributed by atoms with Crippen LogP contribution in [0.3, 0.4) is 0 Å². The van der Waals surface area contributed by atoms with E-state index in [2.05, 4.69) is 24.3 Å². The minimum Gasteiger partial charge on any atom is -0.748 e. The predicted molar refractivity (Wildman–Crippen MR) is 72.4 cm³/mol. The zero-order valence-electron chi connectivity index (χ0n) is 11.7. The maximum Gasteiger partial charge on any atom is 1.00 e. The molecule has 0 N–H and O–H groups in total. The molecule has 1 rings (SSSR count). The van der Waals surface area contributed by atoms with Gasteiger partial charge in [-0.05, 0) is 24.8 Å². The van der Waals surface area contributed by atoms with Crippen molar-refractivity contribution < 1.29 is 42.5 Å². The van der Waals surface area contributed by atoms with Crippen molar-refractivity contribution in [2.75, 3.05) is 5.75 Å². The summed E-state index contributed by atoms with van der Waals surface area (Å²) in [6.07, 6.45) is 6.92. The Labute approximate surface area is 138 Å². The number of unbranched alkanes of at least 4 members (excludes halogenated alkanes) is 5. The van der Waals surface area contributed by atoms with Crippen molar-refractivity contribution in [1.82, 2.24) is 0 Å². The Morgan fingerprint density at radius 3 is 1.95 bits per heavy atom. The molecule has 1 aromatic carbocycles. The standard InChI is InChI=1S/C14H22O3S.Na/c15-18(16,17)13-9-4-2-1-3-6-10-14-11-7-5-8-12-14;/h5,7-8,11-12H,1-4,6,9-10,13H2,(H,15,16,17);/q;+1/p-1. The van der Waals surface area contributed by atoms with Crippen LogP contribution in [0.1, 0.15) is 44.1 Å². The van der Waals surface area contributed by atoms with E-state index in [0.717, 1.165) is 25.7 Å². The molecule has 0 aliphatic heterocycles. The van der Waals surface area contributed by atoms with E-state index in [1.807, 2.05) is 6.07 Å². The molecule has 3 nitrogen and oxygen atoms in total. The van der Waals surface area contributed by atoms with Gasteiger partial charge in [0.25, 0.3) is 0 Å². The van der Waals surface area contributed by atoms with Crippen molar-refractivity contribution >= 4 is 10.1 Å². The van der Waals surface area contributed by atoms with E-state index >= 15 is 0 Å². The maximum absolute atomic E-state index is 10.4. The molecule has 0 bridgehead atoms. The average molecular weight is 292 g/mol. The fraction of sp³-hybridized carbons (Fsp3) is 0.571. The van der Waals surface area contributed by atoms with Crippen molar-refractivity contribution in [2.24, 2.45) is 0 Å². The van der Waals surface area contributed by atoms with Gasteiger partial charge in [-0.3, -0.25) is 0 Å². The van der Waals surface area contributed by atoms with Gasteiger partial charge in [0.2, 0.25) is 0 Å². The molecule has 0 aliphatic carbocycles. The molecule has 5 heteroatoms. The first-order chi connectivity index (χ1) is 8.58. The summed E-state index contributed by atoms with van der Waals surface area (Å²) in [5.41, 5.74) is 1.37. The van der Waals surface area contributed by atoms with Gasteiger partial charge >= 0.3 is 29.6 Å². The van der Waals surface area contributed by atoms with Crippen molar-refractivity contribution in [3.8, 4) is 0 Å². The second-order valence-electron chi connectivity index (χ2n) is 4.62. The van der Waals surface area contributed by atoms with E-state index in [0.29, 0.717) is 6.42 Å². The Balaban J connectivity index is 0.00000324. The topological polar surface area (TPSA) is 57.2 Å². The van der Waals surface area contributed by atoms with Crippen LogP contribution in [0.25, 0.3) is 0 Å². The third kappa shape index (κ3) is 11.6. The number of aryl methyl sites for hydroxylation is 1. The summed E-state index contributed by atoms with van der Waals surface area (Å²) in [5, 5.41) is 0. The fourth-order valence-corrected chi connectivity index (χ4v) is 2.52. The van der Waals surface area contributed by atoms with Gasteiger partial charge in [0.05, 0.1) is 10.1 Å². The van der Waals surface area contributed by atoms with Crippen LogP contribution in [0.15, 0.2) is 30.3 Å². The Morgan fingerprint density at radius 2 is 1.37 bits per heavy atom. The van der Waals surface area contributed by atoms with Gasteiger partial charge in [-0.2, -0.15) is 0 Å². The molecular weight excluding hydrogens is 271 g/mol. The number of hydrogen-bond acceptors (Lipinski definition) is 3. The molecule has 1 aromatic rings. The zero-order chi connectivity index (χ0) is 13.3. The fourth-order valence-electron chi connectivity index (χ4n) is 1.96. The van der Waals surface area contributed by atoms with Crippen molar-refractivity contribution in [3.63, 3.8) is 0 Å². The van der Waals surface area contributed by atoms with Gasteiger partial charge in [0, 0.05) is 5.75 Å². The largest absolute Gasteiger partial charge is 1.00 e. The Bertz CT molecular complexity index is 418. The summed E-state index contributed by atoms with van der Waals surface area (Å²) in [7, 11) is -4.01. The van der Waals surface area contributed by atoms with E-state index < -0.39 is 10.1 Å². The van der Waals surface area contributed by atoms with Crippen LogP contribution in [0.4, 0.5) is 0 Å².